The molecular formula is C12H15N5. The number of nitrogens with one attached hydrogen (secondary N) is 2. The molecule has 1 aliphatic rings. The van der Waals surface area contributed by atoms with Crippen molar-refractivity contribution in [3.63, 3.8) is 0 Å². The number of benzene rings is 1. The quantitative estimate of drug-likeness (QED) is 0.690. The Balaban J connectivity index is 1.71. The van der Waals surface area contributed by atoms with Crippen LogP contribution in [0.15, 0.2) is 24.5 Å². The van der Waals surface area contributed by atoms with E-state index in [1.165, 1.54) is 17.5 Å². The zero-order chi connectivity index (χ0) is 11.7. The Morgan fingerprint density at radius 2 is 2.41 bits per heavy atom. The number of fused-ring (bicyclic) bond motifs is 1. The Kier molecular flexibility index (Phi) is 2.53. The van der Waals surface area contributed by atoms with Gasteiger partial charge in [0.05, 0.1) is 6.54 Å². The maximum absolute atomic E-state index is 5.78. The molecule has 0 aliphatic heterocycles. The third-order valence-corrected chi connectivity index (χ3v) is 3.23. The molecule has 17 heavy (non-hydrogen) atoms. The molecule has 1 aromatic carbocycles. The summed E-state index contributed by atoms with van der Waals surface area (Å²) in [6.45, 7) is 0.717. The summed E-state index contributed by atoms with van der Waals surface area (Å²) in [6.07, 6.45) is 3.74. The molecule has 0 amide bonds. The van der Waals surface area contributed by atoms with Crippen LogP contribution in [-0.2, 0) is 13.0 Å². The molecule has 0 bridgehead atoms. The highest BCUT2D eigenvalue weighted by molar-refractivity contribution is 5.47. The second-order valence-electron chi connectivity index (χ2n) is 4.36. The first-order chi connectivity index (χ1) is 8.33. The molecule has 1 unspecified atom stereocenters. The number of anilines is 1. The van der Waals surface area contributed by atoms with Gasteiger partial charge < -0.3 is 11.1 Å². The predicted molar refractivity (Wildman–Crippen MR) is 65.1 cm³/mol. The summed E-state index contributed by atoms with van der Waals surface area (Å²) in [5, 5.41) is 10.2. The number of aromatic amines is 1. The van der Waals surface area contributed by atoms with Crippen LogP contribution < -0.4 is 11.1 Å². The van der Waals surface area contributed by atoms with Crippen molar-refractivity contribution < 1.29 is 0 Å². The predicted octanol–water partition coefficient (Wildman–Crippen LogP) is 1.16. The normalized spacial score (nSPS) is 18.2. The van der Waals surface area contributed by atoms with Crippen molar-refractivity contribution in [2.24, 2.45) is 0 Å². The monoisotopic (exact) mass is 229 g/mol. The molecule has 5 heteroatoms. The van der Waals surface area contributed by atoms with Crippen LogP contribution in [-0.4, -0.2) is 15.2 Å². The van der Waals surface area contributed by atoms with E-state index in [0.29, 0.717) is 12.6 Å². The largest absolute Gasteiger partial charge is 0.399 e. The van der Waals surface area contributed by atoms with Crippen molar-refractivity contribution in [1.29, 1.82) is 0 Å². The molecule has 3 rings (SSSR count). The number of aryl methyl sites for hydroxylation is 1. The van der Waals surface area contributed by atoms with Crippen molar-refractivity contribution in [3.05, 3.63) is 41.5 Å². The molecule has 1 aliphatic carbocycles. The van der Waals surface area contributed by atoms with Crippen LogP contribution in [0.3, 0.4) is 0 Å². The first kappa shape index (κ1) is 10.3. The highest BCUT2D eigenvalue weighted by Crippen LogP contribution is 2.32. The van der Waals surface area contributed by atoms with Gasteiger partial charge in [0.2, 0.25) is 0 Å². The number of nitrogen functional groups attached to an aromatic ring is 1. The van der Waals surface area contributed by atoms with Crippen LogP contribution in [0.4, 0.5) is 5.69 Å². The lowest BCUT2D eigenvalue weighted by Gasteiger charge is -2.12. The van der Waals surface area contributed by atoms with Gasteiger partial charge in [-0.15, -0.1) is 0 Å². The summed E-state index contributed by atoms with van der Waals surface area (Å²) < 4.78 is 0. The van der Waals surface area contributed by atoms with E-state index in [1.807, 2.05) is 6.07 Å². The molecule has 0 saturated carbocycles. The van der Waals surface area contributed by atoms with Gasteiger partial charge in [-0.05, 0) is 36.1 Å². The zero-order valence-corrected chi connectivity index (χ0v) is 9.48. The molecule has 1 heterocycles. The lowest BCUT2D eigenvalue weighted by molar-refractivity contribution is 0.520. The number of hydrogen-bond donors (Lipinski definition) is 3. The van der Waals surface area contributed by atoms with Crippen molar-refractivity contribution in [1.82, 2.24) is 20.5 Å². The number of nitrogens with zero attached hydrogens (tertiary/aromatic N) is 2. The molecule has 4 N–H and O–H groups in total. The molecule has 0 radical (unpaired) electrons. The summed E-state index contributed by atoms with van der Waals surface area (Å²) in [6, 6.07) is 6.56. The smallest absolute Gasteiger partial charge is 0.138 e. The highest BCUT2D eigenvalue weighted by Gasteiger charge is 2.21. The maximum atomic E-state index is 5.78. The number of H-pyrrole nitrogens is 1. The van der Waals surface area contributed by atoms with Crippen LogP contribution in [0, 0.1) is 0 Å². The Morgan fingerprint density at radius 3 is 3.24 bits per heavy atom. The molecule has 0 spiro atoms. The van der Waals surface area contributed by atoms with E-state index in [-0.39, 0.29) is 0 Å². The number of aromatic nitrogens is 3. The fraction of sp³-hybridized carbons (Fsp3) is 0.333. The van der Waals surface area contributed by atoms with Crippen molar-refractivity contribution in [2.75, 3.05) is 5.73 Å². The SMILES string of the molecule is Nc1ccc2c(c1)CCC2NCc1ncn[nH]1. The van der Waals surface area contributed by atoms with E-state index < -0.39 is 0 Å². The van der Waals surface area contributed by atoms with Gasteiger partial charge in [0.25, 0.3) is 0 Å². The molecular weight excluding hydrogens is 214 g/mol. The fourth-order valence-electron chi connectivity index (χ4n) is 2.39. The van der Waals surface area contributed by atoms with Crippen molar-refractivity contribution >= 4 is 5.69 Å². The molecule has 88 valence electrons. The summed E-state index contributed by atoms with van der Waals surface area (Å²) in [4.78, 5) is 4.10. The topological polar surface area (TPSA) is 79.6 Å². The highest BCUT2D eigenvalue weighted by atomic mass is 15.2. The molecule has 0 fully saturated rings. The lowest BCUT2D eigenvalue weighted by Crippen LogP contribution is -2.19. The molecule has 5 nitrogen and oxygen atoms in total. The molecule has 1 atom stereocenters. The van der Waals surface area contributed by atoms with Gasteiger partial charge in [0, 0.05) is 11.7 Å². The Bertz CT molecular complexity index is 506. The lowest BCUT2D eigenvalue weighted by atomic mass is 10.1. The van der Waals surface area contributed by atoms with Gasteiger partial charge in [0.1, 0.15) is 12.2 Å². The van der Waals surface area contributed by atoms with Gasteiger partial charge in [-0.3, -0.25) is 5.10 Å². The van der Waals surface area contributed by atoms with E-state index >= 15 is 0 Å². The van der Waals surface area contributed by atoms with Crippen LogP contribution in [0.2, 0.25) is 0 Å². The summed E-state index contributed by atoms with van der Waals surface area (Å²) in [5.41, 5.74) is 9.35. The van der Waals surface area contributed by atoms with Gasteiger partial charge in [-0.25, -0.2) is 4.98 Å². The third kappa shape index (κ3) is 2.01. The van der Waals surface area contributed by atoms with E-state index in [2.05, 4.69) is 32.6 Å². The van der Waals surface area contributed by atoms with Crippen LogP contribution in [0.5, 0.6) is 0 Å². The van der Waals surface area contributed by atoms with Crippen molar-refractivity contribution in [3.8, 4) is 0 Å². The molecule has 1 aromatic heterocycles. The van der Waals surface area contributed by atoms with Gasteiger partial charge >= 0.3 is 0 Å². The van der Waals surface area contributed by atoms with Gasteiger partial charge in [-0.2, -0.15) is 5.10 Å². The summed E-state index contributed by atoms with van der Waals surface area (Å²) >= 11 is 0. The van der Waals surface area contributed by atoms with Crippen LogP contribution in [0.25, 0.3) is 0 Å². The number of rotatable bonds is 3. The number of nitrogens with two attached hydrogens (primary N) is 1. The van der Waals surface area contributed by atoms with E-state index in [0.717, 1.165) is 24.4 Å². The van der Waals surface area contributed by atoms with E-state index in [1.54, 1.807) is 0 Å². The average molecular weight is 229 g/mol. The summed E-state index contributed by atoms with van der Waals surface area (Å²) in [5.74, 6) is 0.869. The Hall–Kier alpha value is -1.88. The minimum absolute atomic E-state index is 0.399. The standard InChI is InChI=1S/C12H15N5/c13-9-2-3-10-8(5-9)1-4-11(10)14-6-12-15-7-16-17-12/h2-3,5,7,11,14H,1,4,6,13H2,(H,15,16,17). The molecule has 2 aromatic rings. The van der Waals surface area contributed by atoms with Gasteiger partial charge in [-0.1, -0.05) is 6.07 Å². The van der Waals surface area contributed by atoms with Crippen molar-refractivity contribution in [2.45, 2.75) is 25.4 Å². The van der Waals surface area contributed by atoms with Crippen LogP contribution >= 0.6 is 0 Å². The average Bonchev–Trinajstić information content (AvgIpc) is 2.94. The summed E-state index contributed by atoms with van der Waals surface area (Å²) in [7, 11) is 0. The fourth-order valence-corrected chi connectivity index (χ4v) is 2.39. The number of hydrogen-bond acceptors (Lipinski definition) is 4. The van der Waals surface area contributed by atoms with E-state index in [4.69, 9.17) is 5.73 Å². The third-order valence-electron chi connectivity index (χ3n) is 3.23. The zero-order valence-electron chi connectivity index (χ0n) is 9.48. The second kappa shape index (κ2) is 4.18. The maximum Gasteiger partial charge on any atom is 0.138 e. The van der Waals surface area contributed by atoms with E-state index in [9.17, 15) is 0 Å². The first-order valence-electron chi connectivity index (χ1n) is 5.79. The Morgan fingerprint density at radius 1 is 1.47 bits per heavy atom. The Labute approximate surface area is 99.4 Å². The second-order valence-corrected chi connectivity index (χ2v) is 4.36. The van der Waals surface area contributed by atoms with Gasteiger partial charge in [0.15, 0.2) is 0 Å². The van der Waals surface area contributed by atoms with Crippen LogP contribution in [0.1, 0.15) is 29.4 Å². The minimum atomic E-state index is 0.399. The minimum Gasteiger partial charge on any atom is -0.399 e. The first-order valence-corrected chi connectivity index (χ1v) is 5.79. The molecule has 0 saturated heterocycles.